The van der Waals surface area contributed by atoms with E-state index in [1.54, 1.807) is 17.8 Å². The quantitative estimate of drug-likeness (QED) is 0.340. The average molecular weight is 289 g/mol. The molecule has 0 aromatic carbocycles. The van der Waals surface area contributed by atoms with Crippen molar-refractivity contribution in [3.05, 3.63) is 46.1 Å². The van der Waals surface area contributed by atoms with Crippen LogP contribution in [-0.4, -0.2) is 24.9 Å². The minimum Gasteiger partial charge on any atom is -0.401 e. The molecule has 0 aliphatic heterocycles. The van der Waals surface area contributed by atoms with Gasteiger partial charge in [-0.05, 0) is 17.6 Å². The van der Waals surface area contributed by atoms with Gasteiger partial charge in [0.25, 0.3) is 0 Å². The largest absolute Gasteiger partial charge is 0.433 e. The van der Waals surface area contributed by atoms with E-state index in [0.717, 1.165) is 5.52 Å². The zero-order chi connectivity index (χ0) is 13.9. The molecule has 0 bridgehead atoms. The van der Waals surface area contributed by atoms with Gasteiger partial charge in [0.05, 0.1) is 12.4 Å². The van der Waals surface area contributed by atoms with Crippen LogP contribution in [0.2, 0.25) is 0 Å². The van der Waals surface area contributed by atoms with Gasteiger partial charge in [-0.25, -0.2) is 15.0 Å². The molecular weight excluding hydrogens is 282 g/mol. The number of furan rings is 1. The average Bonchev–Trinajstić information content (AvgIpc) is 3.07. The summed E-state index contributed by atoms with van der Waals surface area (Å²) in [6.45, 7) is 0. The first-order chi connectivity index (χ1) is 9.74. The maximum Gasteiger partial charge on any atom is 0.433 e. The minimum absolute atomic E-state index is 0.285. The van der Waals surface area contributed by atoms with Crippen LogP contribution in [0.3, 0.4) is 0 Å². The third-order valence-corrected chi connectivity index (χ3v) is 3.20. The molecular formula is C11H7N5O3S. The number of aromatic nitrogens is 4. The zero-order valence-corrected chi connectivity index (χ0v) is 10.7. The highest BCUT2D eigenvalue weighted by Gasteiger charge is 2.10. The molecule has 0 saturated carbocycles. The van der Waals surface area contributed by atoms with Crippen LogP contribution in [0.4, 0.5) is 5.88 Å². The van der Waals surface area contributed by atoms with Gasteiger partial charge in [0.2, 0.25) is 0 Å². The molecule has 1 N–H and O–H groups in total. The lowest BCUT2D eigenvalue weighted by atomic mass is 10.4. The summed E-state index contributed by atoms with van der Waals surface area (Å²) in [4.78, 5) is 25.0. The van der Waals surface area contributed by atoms with Crippen molar-refractivity contribution in [1.82, 2.24) is 19.9 Å². The van der Waals surface area contributed by atoms with Crippen LogP contribution in [0, 0.1) is 10.1 Å². The molecule has 0 amide bonds. The topological polar surface area (TPSA) is 111 Å². The van der Waals surface area contributed by atoms with Crippen molar-refractivity contribution in [2.75, 3.05) is 0 Å². The number of hydrogen-bond donors (Lipinski definition) is 1. The van der Waals surface area contributed by atoms with Crippen molar-refractivity contribution in [2.24, 2.45) is 0 Å². The maximum absolute atomic E-state index is 10.5. The number of nitro groups is 1. The first-order valence-electron chi connectivity index (χ1n) is 5.45. The molecule has 3 aromatic rings. The Hall–Kier alpha value is -2.68. The van der Waals surface area contributed by atoms with Crippen LogP contribution in [0.15, 0.2) is 39.6 Å². The highest BCUT2D eigenvalue weighted by atomic mass is 32.2. The SMILES string of the molecule is O=[N+]([O-])c1ccc(C=CSc2ncnc3nc[nH]c23)o1. The molecule has 3 heterocycles. The van der Waals surface area contributed by atoms with Gasteiger partial charge in [0.15, 0.2) is 5.65 Å². The zero-order valence-electron chi connectivity index (χ0n) is 9.89. The van der Waals surface area contributed by atoms with Gasteiger partial charge in [-0.1, -0.05) is 11.8 Å². The van der Waals surface area contributed by atoms with E-state index in [9.17, 15) is 10.1 Å². The van der Waals surface area contributed by atoms with Crippen LogP contribution in [-0.2, 0) is 0 Å². The third-order valence-electron chi connectivity index (χ3n) is 2.39. The van der Waals surface area contributed by atoms with Crippen molar-refractivity contribution in [1.29, 1.82) is 0 Å². The Balaban J connectivity index is 1.76. The second-order valence-electron chi connectivity index (χ2n) is 3.63. The highest BCUT2D eigenvalue weighted by molar-refractivity contribution is 8.02. The van der Waals surface area contributed by atoms with Crippen LogP contribution in [0.5, 0.6) is 0 Å². The lowest BCUT2D eigenvalue weighted by Crippen LogP contribution is -1.84. The van der Waals surface area contributed by atoms with E-state index < -0.39 is 4.92 Å². The van der Waals surface area contributed by atoms with Gasteiger partial charge in [-0.15, -0.1) is 0 Å². The summed E-state index contributed by atoms with van der Waals surface area (Å²) in [5.41, 5.74) is 1.33. The van der Waals surface area contributed by atoms with E-state index in [-0.39, 0.29) is 5.88 Å². The summed E-state index contributed by atoms with van der Waals surface area (Å²) >= 11 is 1.33. The van der Waals surface area contributed by atoms with Crippen LogP contribution >= 0.6 is 11.8 Å². The number of fused-ring (bicyclic) bond motifs is 1. The Labute approximate surface area is 116 Å². The molecule has 8 nitrogen and oxygen atoms in total. The molecule has 0 unspecified atom stereocenters. The fourth-order valence-electron chi connectivity index (χ4n) is 1.53. The van der Waals surface area contributed by atoms with E-state index in [0.29, 0.717) is 16.4 Å². The molecule has 0 aliphatic carbocycles. The monoisotopic (exact) mass is 289 g/mol. The summed E-state index contributed by atoms with van der Waals surface area (Å²) in [5.74, 6) is 0.117. The molecule has 100 valence electrons. The lowest BCUT2D eigenvalue weighted by Gasteiger charge is -1.95. The number of thioether (sulfide) groups is 1. The Morgan fingerprint density at radius 1 is 1.35 bits per heavy atom. The van der Waals surface area contributed by atoms with Gasteiger partial charge < -0.3 is 9.40 Å². The fraction of sp³-hybridized carbons (Fsp3) is 0. The molecule has 0 aliphatic rings. The smallest absolute Gasteiger partial charge is 0.401 e. The third kappa shape index (κ3) is 2.38. The number of aromatic amines is 1. The summed E-state index contributed by atoms with van der Waals surface area (Å²) < 4.78 is 5.00. The Bertz CT molecular complexity index is 794. The predicted molar refractivity (Wildman–Crippen MR) is 71.9 cm³/mol. The van der Waals surface area contributed by atoms with Crippen LogP contribution in [0.25, 0.3) is 17.2 Å². The number of hydrogen-bond acceptors (Lipinski definition) is 7. The molecule has 0 radical (unpaired) electrons. The number of H-pyrrole nitrogens is 1. The van der Waals surface area contributed by atoms with Crippen LogP contribution in [0.1, 0.15) is 5.76 Å². The maximum atomic E-state index is 10.5. The van der Waals surface area contributed by atoms with Gasteiger partial charge >= 0.3 is 5.88 Å². The molecule has 0 atom stereocenters. The fourth-order valence-corrected chi connectivity index (χ4v) is 2.23. The summed E-state index contributed by atoms with van der Waals surface area (Å²) in [6.07, 6.45) is 4.60. The molecule has 9 heteroatoms. The van der Waals surface area contributed by atoms with E-state index >= 15 is 0 Å². The second kappa shape index (κ2) is 5.13. The van der Waals surface area contributed by atoms with Crippen molar-refractivity contribution in [3.8, 4) is 0 Å². The minimum atomic E-state index is -0.580. The molecule has 20 heavy (non-hydrogen) atoms. The Morgan fingerprint density at radius 3 is 3.05 bits per heavy atom. The lowest BCUT2D eigenvalue weighted by molar-refractivity contribution is -0.402. The van der Waals surface area contributed by atoms with Gasteiger partial charge in [0.1, 0.15) is 27.6 Å². The normalized spacial score (nSPS) is 11.4. The first-order valence-corrected chi connectivity index (χ1v) is 6.33. The molecule has 0 spiro atoms. The molecule has 0 fully saturated rings. The summed E-state index contributed by atoms with van der Waals surface area (Å²) in [6, 6.07) is 2.84. The Morgan fingerprint density at radius 2 is 2.25 bits per heavy atom. The van der Waals surface area contributed by atoms with E-state index in [1.165, 1.54) is 30.2 Å². The number of nitrogens with one attached hydrogen (secondary N) is 1. The molecule has 3 aromatic heterocycles. The van der Waals surface area contributed by atoms with E-state index in [4.69, 9.17) is 4.42 Å². The highest BCUT2D eigenvalue weighted by Crippen LogP contribution is 2.24. The summed E-state index contributed by atoms with van der Waals surface area (Å²) in [7, 11) is 0. The first kappa shape index (κ1) is 12.4. The number of rotatable bonds is 4. The van der Waals surface area contributed by atoms with Crippen molar-refractivity contribution in [2.45, 2.75) is 5.03 Å². The van der Waals surface area contributed by atoms with E-state index in [1.807, 2.05) is 0 Å². The van der Waals surface area contributed by atoms with Gasteiger partial charge in [-0.2, -0.15) is 0 Å². The van der Waals surface area contributed by atoms with Gasteiger partial charge in [-0.3, -0.25) is 10.1 Å². The van der Waals surface area contributed by atoms with Crippen molar-refractivity contribution >= 4 is 34.9 Å². The predicted octanol–water partition coefficient (Wildman–Crippen LogP) is 2.62. The number of imidazole rings is 1. The molecule has 3 rings (SSSR count). The van der Waals surface area contributed by atoms with E-state index in [2.05, 4.69) is 19.9 Å². The Kier molecular flexibility index (Phi) is 3.17. The van der Waals surface area contributed by atoms with Gasteiger partial charge in [0, 0.05) is 0 Å². The van der Waals surface area contributed by atoms with Crippen molar-refractivity contribution < 1.29 is 9.34 Å². The molecule has 0 saturated heterocycles. The number of nitrogens with zero attached hydrogens (tertiary/aromatic N) is 4. The van der Waals surface area contributed by atoms with Crippen LogP contribution < -0.4 is 0 Å². The summed E-state index contributed by atoms with van der Waals surface area (Å²) in [5, 5.41) is 12.9. The standard InChI is InChI=1S/C11H7N5O3S/c17-16(18)8-2-1-7(19-8)3-4-20-11-9-10(13-5-12-9)14-6-15-11/h1-6H,(H,12,13,14,15). The second-order valence-corrected chi connectivity index (χ2v) is 4.53. The van der Waals surface area contributed by atoms with Crippen molar-refractivity contribution in [3.63, 3.8) is 0 Å².